The molecule has 0 unspecified atom stereocenters. The Hall–Kier alpha value is -3.09. The minimum Gasteiger partial charge on any atom is -0.459 e. The summed E-state index contributed by atoms with van der Waals surface area (Å²) in [7, 11) is 0. The second-order valence-electron chi connectivity index (χ2n) is 5.40. The van der Waals surface area contributed by atoms with Crippen molar-refractivity contribution in [3.8, 4) is 0 Å². The average Bonchev–Trinajstić information content (AvgIpc) is 3.00. The zero-order chi connectivity index (χ0) is 16.9. The van der Waals surface area contributed by atoms with Crippen LogP contribution in [0.5, 0.6) is 0 Å². The molecule has 0 atom stereocenters. The van der Waals surface area contributed by atoms with Gasteiger partial charge in [0.15, 0.2) is 5.76 Å². The molecule has 7 nitrogen and oxygen atoms in total. The van der Waals surface area contributed by atoms with Crippen LogP contribution in [-0.4, -0.2) is 29.0 Å². The van der Waals surface area contributed by atoms with Crippen molar-refractivity contribution in [1.82, 2.24) is 15.3 Å². The SMILES string of the molecule is Cc1ccoc1C(=O)NCCCNc1nc2ccccc2c(=O)[nH]1. The van der Waals surface area contributed by atoms with Crippen molar-refractivity contribution in [2.24, 2.45) is 0 Å². The highest BCUT2D eigenvalue weighted by Gasteiger charge is 2.11. The van der Waals surface area contributed by atoms with Crippen LogP contribution in [-0.2, 0) is 0 Å². The molecule has 0 saturated carbocycles. The molecular formula is C17H18N4O3. The molecule has 124 valence electrons. The number of furan rings is 1. The Morgan fingerprint density at radius 2 is 2.08 bits per heavy atom. The van der Waals surface area contributed by atoms with E-state index in [4.69, 9.17) is 4.42 Å². The summed E-state index contributed by atoms with van der Waals surface area (Å²) in [6.07, 6.45) is 2.18. The number of carbonyl (C=O) groups is 1. The largest absolute Gasteiger partial charge is 0.459 e. The molecule has 1 amide bonds. The lowest BCUT2D eigenvalue weighted by Gasteiger charge is -2.07. The smallest absolute Gasteiger partial charge is 0.287 e. The number of hydrogen-bond acceptors (Lipinski definition) is 5. The fourth-order valence-corrected chi connectivity index (χ4v) is 2.35. The molecule has 1 aromatic carbocycles. The van der Waals surface area contributed by atoms with Crippen molar-refractivity contribution in [2.45, 2.75) is 13.3 Å². The second-order valence-corrected chi connectivity index (χ2v) is 5.40. The van der Waals surface area contributed by atoms with Gasteiger partial charge in [0.25, 0.3) is 11.5 Å². The molecule has 0 fully saturated rings. The van der Waals surface area contributed by atoms with E-state index in [2.05, 4.69) is 20.6 Å². The first-order valence-corrected chi connectivity index (χ1v) is 7.70. The number of benzene rings is 1. The van der Waals surface area contributed by atoms with Gasteiger partial charge in [-0.3, -0.25) is 14.6 Å². The number of rotatable bonds is 6. The Kier molecular flexibility index (Phi) is 4.60. The van der Waals surface area contributed by atoms with Crippen molar-refractivity contribution in [3.05, 3.63) is 58.3 Å². The van der Waals surface area contributed by atoms with Crippen LogP contribution >= 0.6 is 0 Å². The van der Waals surface area contributed by atoms with Crippen LogP contribution in [0, 0.1) is 6.92 Å². The number of anilines is 1. The molecule has 3 rings (SSSR count). The Bertz CT molecular complexity index is 913. The molecule has 0 spiro atoms. The predicted octanol–water partition coefficient (Wildman–Crippen LogP) is 2.06. The zero-order valence-corrected chi connectivity index (χ0v) is 13.3. The van der Waals surface area contributed by atoms with Gasteiger partial charge in [0, 0.05) is 18.7 Å². The molecule has 3 aromatic rings. The molecule has 0 aliphatic heterocycles. The lowest BCUT2D eigenvalue weighted by Crippen LogP contribution is -2.26. The topological polar surface area (TPSA) is 100 Å². The van der Waals surface area contributed by atoms with Gasteiger partial charge in [-0.05, 0) is 31.5 Å². The third-order valence-electron chi connectivity index (χ3n) is 3.61. The predicted molar refractivity (Wildman–Crippen MR) is 91.2 cm³/mol. The summed E-state index contributed by atoms with van der Waals surface area (Å²) in [5, 5.41) is 6.40. The van der Waals surface area contributed by atoms with E-state index in [0.29, 0.717) is 42.1 Å². The Balaban J connectivity index is 1.49. The molecule has 0 radical (unpaired) electrons. The van der Waals surface area contributed by atoms with Gasteiger partial charge < -0.3 is 15.1 Å². The van der Waals surface area contributed by atoms with E-state index in [1.807, 2.05) is 13.0 Å². The van der Waals surface area contributed by atoms with Crippen LogP contribution < -0.4 is 16.2 Å². The van der Waals surface area contributed by atoms with Crippen molar-refractivity contribution in [1.29, 1.82) is 0 Å². The molecule has 24 heavy (non-hydrogen) atoms. The standard InChI is InChI=1S/C17H18N4O3/c1-11-7-10-24-14(11)16(23)18-8-4-9-19-17-20-13-6-3-2-5-12(13)15(22)21-17/h2-3,5-7,10H,4,8-9H2,1H3,(H,18,23)(H2,19,20,21,22). The van der Waals surface area contributed by atoms with E-state index >= 15 is 0 Å². The Morgan fingerprint density at radius 1 is 1.25 bits per heavy atom. The van der Waals surface area contributed by atoms with Crippen LogP contribution in [0.2, 0.25) is 0 Å². The van der Waals surface area contributed by atoms with Gasteiger partial charge >= 0.3 is 0 Å². The number of carbonyl (C=O) groups excluding carboxylic acids is 1. The molecule has 3 N–H and O–H groups in total. The van der Waals surface area contributed by atoms with Gasteiger partial charge in [0.05, 0.1) is 17.2 Å². The van der Waals surface area contributed by atoms with Gasteiger partial charge in [0.2, 0.25) is 5.95 Å². The molecule has 0 bridgehead atoms. The van der Waals surface area contributed by atoms with E-state index in [0.717, 1.165) is 5.56 Å². The molecule has 0 aliphatic rings. The Labute approximate surface area is 138 Å². The van der Waals surface area contributed by atoms with Gasteiger partial charge in [0.1, 0.15) is 0 Å². The number of nitrogens with one attached hydrogen (secondary N) is 3. The van der Waals surface area contributed by atoms with E-state index in [1.54, 1.807) is 24.3 Å². The number of aryl methyl sites for hydroxylation is 1. The maximum atomic E-state index is 11.9. The third-order valence-corrected chi connectivity index (χ3v) is 3.61. The highest BCUT2D eigenvalue weighted by molar-refractivity contribution is 5.92. The van der Waals surface area contributed by atoms with Crippen molar-refractivity contribution in [3.63, 3.8) is 0 Å². The summed E-state index contributed by atoms with van der Waals surface area (Å²) in [5.74, 6) is 0.533. The van der Waals surface area contributed by atoms with Crippen molar-refractivity contribution in [2.75, 3.05) is 18.4 Å². The highest BCUT2D eigenvalue weighted by atomic mass is 16.3. The number of nitrogens with zero attached hydrogens (tertiary/aromatic N) is 1. The van der Waals surface area contributed by atoms with Crippen LogP contribution in [0.15, 0.2) is 45.8 Å². The first-order chi connectivity index (χ1) is 11.6. The Morgan fingerprint density at radius 3 is 2.88 bits per heavy atom. The zero-order valence-electron chi connectivity index (χ0n) is 13.3. The monoisotopic (exact) mass is 326 g/mol. The lowest BCUT2D eigenvalue weighted by molar-refractivity contribution is 0.0925. The number of amides is 1. The second kappa shape index (κ2) is 6.99. The van der Waals surface area contributed by atoms with E-state index in [1.165, 1.54) is 6.26 Å². The number of fused-ring (bicyclic) bond motifs is 1. The molecule has 2 aromatic heterocycles. The maximum absolute atomic E-state index is 11.9. The molecule has 0 aliphatic carbocycles. The summed E-state index contributed by atoms with van der Waals surface area (Å²) in [6.45, 7) is 2.88. The molecule has 2 heterocycles. The molecule has 7 heteroatoms. The first kappa shape index (κ1) is 15.8. The number of aromatic amines is 1. The van der Waals surface area contributed by atoms with Crippen molar-refractivity contribution >= 4 is 22.8 Å². The van der Waals surface area contributed by atoms with Gasteiger partial charge in [-0.2, -0.15) is 0 Å². The summed E-state index contributed by atoms with van der Waals surface area (Å²) in [4.78, 5) is 30.9. The number of H-pyrrole nitrogens is 1. The number of hydrogen-bond donors (Lipinski definition) is 3. The van der Waals surface area contributed by atoms with Crippen LogP contribution in [0.4, 0.5) is 5.95 Å². The number of aromatic nitrogens is 2. The van der Waals surface area contributed by atoms with Gasteiger partial charge in [-0.1, -0.05) is 12.1 Å². The first-order valence-electron chi connectivity index (χ1n) is 7.70. The van der Waals surface area contributed by atoms with Gasteiger partial charge in [-0.15, -0.1) is 0 Å². The highest BCUT2D eigenvalue weighted by Crippen LogP contribution is 2.09. The molecule has 0 saturated heterocycles. The summed E-state index contributed by atoms with van der Waals surface area (Å²) in [6, 6.07) is 8.91. The van der Waals surface area contributed by atoms with Gasteiger partial charge in [-0.25, -0.2) is 4.98 Å². The van der Waals surface area contributed by atoms with E-state index in [-0.39, 0.29) is 11.5 Å². The van der Waals surface area contributed by atoms with Crippen LogP contribution in [0.25, 0.3) is 10.9 Å². The number of para-hydroxylation sites is 1. The summed E-state index contributed by atoms with van der Waals surface area (Å²) in [5.41, 5.74) is 1.28. The maximum Gasteiger partial charge on any atom is 0.287 e. The quantitative estimate of drug-likeness (QED) is 0.602. The van der Waals surface area contributed by atoms with Crippen molar-refractivity contribution < 1.29 is 9.21 Å². The normalized spacial score (nSPS) is 10.7. The van der Waals surface area contributed by atoms with Crippen LogP contribution in [0.1, 0.15) is 22.5 Å². The lowest BCUT2D eigenvalue weighted by atomic mass is 10.2. The molecular weight excluding hydrogens is 308 g/mol. The minimum absolute atomic E-state index is 0.176. The average molecular weight is 326 g/mol. The fraction of sp³-hybridized carbons (Fsp3) is 0.235. The van der Waals surface area contributed by atoms with E-state index in [9.17, 15) is 9.59 Å². The fourth-order valence-electron chi connectivity index (χ4n) is 2.35. The van der Waals surface area contributed by atoms with Crippen LogP contribution in [0.3, 0.4) is 0 Å². The summed E-state index contributed by atoms with van der Waals surface area (Å²) >= 11 is 0. The van der Waals surface area contributed by atoms with E-state index < -0.39 is 0 Å². The minimum atomic E-state index is -0.227. The third kappa shape index (κ3) is 3.45. The summed E-state index contributed by atoms with van der Waals surface area (Å²) < 4.78 is 5.13.